The smallest absolute Gasteiger partial charge is 0.130 e. The van der Waals surface area contributed by atoms with Crippen LogP contribution in [0.4, 0.5) is 5.82 Å². The van der Waals surface area contributed by atoms with Gasteiger partial charge in [-0.25, -0.2) is 9.97 Å². The van der Waals surface area contributed by atoms with Gasteiger partial charge in [0.05, 0.1) is 5.69 Å². The number of likely N-dealkylation sites (N-methyl/N-ethyl adjacent to an activating group) is 1. The van der Waals surface area contributed by atoms with E-state index < -0.39 is 0 Å². The fourth-order valence-electron chi connectivity index (χ4n) is 2.58. The Hall–Kier alpha value is -2.79. The van der Waals surface area contributed by atoms with Gasteiger partial charge in [0.15, 0.2) is 0 Å². The summed E-state index contributed by atoms with van der Waals surface area (Å²) in [5.74, 6) is 1.59. The number of pyridine rings is 1. The van der Waals surface area contributed by atoms with Crippen molar-refractivity contribution in [3.63, 3.8) is 0 Å². The lowest BCUT2D eigenvalue weighted by Gasteiger charge is -2.12. The van der Waals surface area contributed by atoms with Crippen molar-refractivity contribution < 1.29 is 0 Å². The highest BCUT2D eigenvalue weighted by molar-refractivity contribution is 5.70. The minimum Gasteiger partial charge on any atom is -0.369 e. The summed E-state index contributed by atoms with van der Waals surface area (Å²) in [5, 5.41) is 3.36. The van der Waals surface area contributed by atoms with Crippen molar-refractivity contribution in [2.75, 3.05) is 32.5 Å². The van der Waals surface area contributed by atoms with Gasteiger partial charge >= 0.3 is 0 Å². The van der Waals surface area contributed by atoms with Crippen LogP contribution < -0.4 is 5.32 Å². The van der Waals surface area contributed by atoms with Crippen LogP contribution in [0, 0.1) is 6.92 Å². The third-order valence-corrected chi connectivity index (χ3v) is 3.84. The van der Waals surface area contributed by atoms with Gasteiger partial charge in [0, 0.05) is 42.7 Å². The Kier molecular flexibility index (Phi) is 5.36. The van der Waals surface area contributed by atoms with E-state index in [9.17, 15) is 0 Å². The van der Waals surface area contributed by atoms with E-state index >= 15 is 0 Å². The predicted octanol–water partition coefficient (Wildman–Crippen LogP) is 3.49. The molecule has 0 aliphatic rings. The number of aromatic nitrogens is 3. The lowest BCUT2D eigenvalue weighted by atomic mass is 10.0. The van der Waals surface area contributed by atoms with Crippen LogP contribution in [0.2, 0.25) is 0 Å². The summed E-state index contributed by atoms with van der Waals surface area (Å²) in [4.78, 5) is 15.6. The summed E-state index contributed by atoms with van der Waals surface area (Å²) in [5.41, 5.74) is 4.09. The zero-order chi connectivity index (χ0) is 17.6. The zero-order valence-electron chi connectivity index (χ0n) is 14.9. The van der Waals surface area contributed by atoms with E-state index in [1.807, 2.05) is 43.6 Å². The molecule has 3 rings (SSSR count). The van der Waals surface area contributed by atoms with Crippen molar-refractivity contribution in [1.29, 1.82) is 0 Å². The van der Waals surface area contributed by atoms with E-state index in [1.165, 1.54) is 0 Å². The van der Waals surface area contributed by atoms with E-state index in [0.29, 0.717) is 0 Å². The van der Waals surface area contributed by atoms with Gasteiger partial charge in [0.1, 0.15) is 11.6 Å². The Morgan fingerprint density at radius 1 is 0.920 bits per heavy atom. The number of hydrogen-bond donors (Lipinski definition) is 1. The Morgan fingerprint density at radius 3 is 2.44 bits per heavy atom. The molecule has 25 heavy (non-hydrogen) atoms. The minimum atomic E-state index is 0.745. The van der Waals surface area contributed by atoms with Crippen LogP contribution in [-0.4, -0.2) is 47.0 Å². The van der Waals surface area contributed by atoms with Crippen LogP contribution in [-0.2, 0) is 0 Å². The fraction of sp³-hybridized carbons (Fsp3) is 0.250. The summed E-state index contributed by atoms with van der Waals surface area (Å²) in [6.07, 6.45) is 3.72. The SMILES string of the molecule is Cc1nc(NCCN(C)C)cc(-c2cncc(-c3ccccc3)c2)n1. The molecular formula is C20H23N5. The highest BCUT2D eigenvalue weighted by Gasteiger charge is 2.07. The standard InChI is InChI=1S/C20H23N5/c1-15-23-19(12-20(24-15)22-9-10-25(2)3)18-11-17(13-21-14-18)16-7-5-4-6-8-16/h4-8,11-14H,9-10H2,1-3H3,(H,22,23,24). The lowest BCUT2D eigenvalue weighted by Crippen LogP contribution is -2.21. The number of nitrogens with one attached hydrogen (secondary N) is 1. The molecule has 0 aliphatic heterocycles. The molecule has 3 aromatic rings. The third-order valence-electron chi connectivity index (χ3n) is 3.84. The molecule has 0 amide bonds. The highest BCUT2D eigenvalue weighted by atomic mass is 15.1. The van der Waals surface area contributed by atoms with Crippen molar-refractivity contribution in [2.24, 2.45) is 0 Å². The zero-order valence-corrected chi connectivity index (χ0v) is 14.9. The van der Waals surface area contributed by atoms with Gasteiger partial charge in [0.2, 0.25) is 0 Å². The van der Waals surface area contributed by atoms with Crippen molar-refractivity contribution in [1.82, 2.24) is 19.9 Å². The molecule has 0 radical (unpaired) electrons. The second-order valence-corrected chi connectivity index (χ2v) is 6.24. The number of aryl methyl sites for hydroxylation is 1. The lowest BCUT2D eigenvalue weighted by molar-refractivity contribution is 0.425. The van der Waals surface area contributed by atoms with E-state index in [-0.39, 0.29) is 0 Å². The molecule has 0 fully saturated rings. The van der Waals surface area contributed by atoms with Gasteiger partial charge < -0.3 is 10.2 Å². The van der Waals surface area contributed by atoms with Crippen molar-refractivity contribution >= 4 is 5.82 Å². The molecule has 1 aromatic carbocycles. The van der Waals surface area contributed by atoms with Crippen LogP contribution in [0.15, 0.2) is 54.9 Å². The third kappa shape index (κ3) is 4.61. The van der Waals surface area contributed by atoms with Crippen LogP contribution in [0.25, 0.3) is 22.4 Å². The molecule has 0 bridgehead atoms. The normalized spacial score (nSPS) is 10.9. The molecule has 0 aliphatic carbocycles. The summed E-state index contributed by atoms with van der Waals surface area (Å²) in [7, 11) is 4.11. The molecule has 0 spiro atoms. The monoisotopic (exact) mass is 333 g/mol. The van der Waals surface area contributed by atoms with E-state index in [2.05, 4.69) is 57.5 Å². The van der Waals surface area contributed by atoms with Gasteiger partial charge in [-0.05, 0) is 32.6 Å². The van der Waals surface area contributed by atoms with Gasteiger partial charge in [0.25, 0.3) is 0 Å². The first kappa shape index (κ1) is 17.0. The quantitative estimate of drug-likeness (QED) is 0.748. The largest absolute Gasteiger partial charge is 0.369 e. The van der Waals surface area contributed by atoms with Crippen LogP contribution in [0.5, 0.6) is 0 Å². The maximum absolute atomic E-state index is 4.58. The van der Waals surface area contributed by atoms with Crippen molar-refractivity contribution in [2.45, 2.75) is 6.92 Å². The topological polar surface area (TPSA) is 53.9 Å². The van der Waals surface area contributed by atoms with E-state index in [0.717, 1.165) is 47.1 Å². The average molecular weight is 333 g/mol. The Morgan fingerprint density at radius 2 is 1.68 bits per heavy atom. The Bertz CT molecular complexity index is 830. The molecular weight excluding hydrogens is 310 g/mol. The molecule has 0 saturated heterocycles. The van der Waals surface area contributed by atoms with Crippen LogP contribution in [0.3, 0.4) is 0 Å². The van der Waals surface area contributed by atoms with Crippen LogP contribution in [0.1, 0.15) is 5.82 Å². The van der Waals surface area contributed by atoms with E-state index in [4.69, 9.17) is 0 Å². The number of hydrogen-bond acceptors (Lipinski definition) is 5. The fourth-order valence-corrected chi connectivity index (χ4v) is 2.58. The molecule has 5 nitrogen and oxygen atoms in total. The maximum atomic E-state index is 4.58. The molecule has 128 valence electrons. The second kappa shape index (κ2) is 7.85. The molecule has 2 heterocycles. The summed E-state index contributed by atoms with van der Waals surface area (Å²) >= 11 is 0. The van der Waals surface area contributed by atoms with Gasteiger partial charge in [-0.1, -0.05) is 30.3 Å². The first-order chi connectivity index (χ1) is 12.1. The van der Waals surface area contributed by atoms with Gasteiger partial charge in [-0.15, -0.1) is 0 Å². The molecule has 2 aromatic heterocycles. The first-order valence-electron chi connectivity index (χ1n) is 8.37. The number of rotatable bonds is 6. The molecule has 0 atom stereocenters. The van der Waals surface area contributed by atoms with Crippen molar-refractivity contribution in [3.8, 4) is 22.4 Å². The second-order valence-electron chi connectivity index (χ2n) is 6.24. The average Bonchev–Trinajstić information content (AvgIpc) is 2.62. The summed E-state index contributed by atoms with van der Waals surface area (Å²) in [6, 6.07) is 14.3. The Balaban J connectivity index is 1.87. The number of anilines is 1. The van der Waals surface area contributed by atoms with Crippen molar-refractivity contribution in [3.05, 3.63) is 60.7 Å². The molecule has 0 saturated carbocycles. The predicted molar refractivity (Wildman–Crippen MR) is 102 cm³/mol. The highest BCUT2D eigenvalue weighted by Crippen LogP contribution is 2.25. The minimum absolute atomic E-state index is 0.745. The number of nitrogens with zero attached hydrogens (tertiary/aromatic N) is 4. The van der Waals surface area contributed by atoms with Gasteiger partial charge in [-0.2, -0.15) is 0 Å². The van der Waals surface area contributed by atoms with Gasteiger partial charge in [-0.3, -0.25) is 4.98 Å². The summed E-state index contributed by atoms with van der Waals surface area (Å²) < 4.78 is 0. The Labute approximate surface area is 148 Å². The molecule has 0 unspecified atom stereocenters. The number of benzene rings is 1. The first-order valence-corrected chi connectivity index (χ1v) is 8.37. The maximum Gasteiger partial charge on any atom is 0.130 e. The summed E-state index contributed by atoms with van der Waals surface area (Å²) in [6.45, 7) is 3.70. The molecule has 5 heteroatoms. The van der Waals surface area contributed by atoms with E-state index in [1.54, 1.807) is 0 Å². The molecule has 1 N–H and O–H groups in total. The van der Waals surface area contributed by atoms with Crippen LogP contribution >= 0.6 is 0 Å².